The van der Waals surface area contributed by atoms with Crippen LogP contribution in [0.5, 0.6) is 23.0 Å². The van der Waals surface area contributed by atoms with E-state index in [1.54, 1.807) is 49.5 Å². The molecule has 1 N–H and O–H groups in total. The molecule has 3 aromatic carbocycles. The highest BCUT2D eigenvalue weighted by Gasteiger charge is 2.47. The van der Waals surface area contributed by atoms with Crippen molar-refractivity contribution in [2.45, 2.75) is 18.4 Å². The molecule has 0 saturated carbocycles. The van der Waals surface area contributed by atoms with Crippen LogP contribution in [0, 0.1) is 0 Å². The molecular formula is C28H28N2O6. The summed E-state index contributed by atoms with van der Waals surface area (Å²) >= 11 is 0. The molecule has 0 aliphatic carbocycles. The largest absolute Gasteiger partial charge is 0.493 e. The van der Waals surface area contributed by atoms with Crippen LogP contribution in [0.2, 0.25) is 0 Å². The van der Waals surface area contributed by atoms with E-state index in [1.807, 2.05) is 18.2 Å². The molecule has 0 aromatic heterocycles. The number of amides is 2. The number of methoxy groups -OCH3 is 4. The molecule has 2 heterocycles. The van der Waals surface area contributed by atoms with E-state index < -0.39 is 12.0 Å². The summed E-state index contributed by atoms with van der Waals surface area (Å²) in [6.07, 6.45) is 0.727. The van der Waals surface area contributed by atoms with Crippen LogP contribution >= 0.6 is 0 Å². The summed E-state index contributed by atoms with van der Waals surface area (Å²) < 4.78 is 21.7. The van der Waals surface area contributed by atoms with Crippen LogP contribution in [-0.2, 0) is 11.2 Å². The van der Waals surface area contributed by atoms with Crippen LogP contribution in [0.25, 0.3) is 0 Å². The number of nitrogens with zero attached hydrogens (tertiary/aromatic N) is 1. The number of ether oxygens (including phenoxy) is 4. The molecule has 2 aliphatic heterocycles. The highest BCUT2D eigenvalue weighted by atomic mass is 16.5. The smallest absolute Gasteiger partial charge is 0.254 e. The first kappa shape index (κ1) is 23.5. The third kappa shape index (κ3) is 3.79. The zero-order valence-electron chi connectivity index (χ0n) is 20.7. The van der Waals surface area contributed by atoms with Crippen molar-refractivity contribution in [3.8, 4) is 23.0 Å². The number of carbonyl (C=O) groups excluding carboxylic acids is 2. The van der Waals surface area contributed by atoms with Crippen molar-refractivity contribution in [1.82, 2.24) is 4.90 Å². The second-order valence-corrected chi connectivity index (χ2v) is 8.72. The lowest BCUT2D eigenvalue weighted by Crippen LogP contribution is -2.49. The molecule has 0 radical (unpaired) electrons. The van der Waals surface area contributed by atoms with E-state index in [4.69, 9.17) is 18.9 Å². The third-order valence-corrected chi connectivity index (χ3v) is 6.96. The van der Waals surface area contributed by atoms with Gasteiger partial charge in [0, 0.05) is 23.9 Å². The quantitative estimate of drug-likeness (QED) is 0.560. The second-order valence-electron chi connectivity index (χ2n) is 8.72. The topological polar surface area (TPSA) is 86.3 Å². The summed E-state index contributed by atoms with van der Waals surface area (Å²) in [5.74, 6) is 0.937. The van der Waals surface area contributed by atoms with E-state index in [2.05, 4.69) is 11.4 Å². The van der Waals surface area contributed by atoms with Crippen molar-refractivity contribution in [3.63, 3.8) is 0 Å². The fourth-order valence-corrected chi connectivity index (χ4v) is 5.27. The van der Waals surface area contributed by atoms with Crippen LogP contribution < -0.4 is 24.3 Å². The molecular weight excluding hydrogens is 460 g/mol. The van der Waals surface area contributed by atoms with E-state index >= 15 is 0 Å². The number of rotatable bonds is 6. The van der Waals surface area contributed by atoms with E-state index in [9.17, 15) is 9.59 Å². The molecule has 2 aliphatic rings. The third-order valence-electron chi connectivity index (χ3n) is 6.96. The fraction of sp³-hybridized carbons (Fsp3) is 0.286. The van der Waals surface area contributed by atoms with E-state index in [-0.39, 0.29) is 11.8 Å². The maximum Gasteiger partial charge on any atom is 0.254 e. The van der Waals surface area contributed by atoms with Crippen LogP contribution in [0.3, 0.4) is 0 Å². The Morgan fingerprint density at radius 1 is 0.833 bits per heavy atom. The molecule has 8 nitrogen and oxygen atoms in total. The van der Waals surface area contributed by atoms with E-state index in [0.717, 1.165) is 17.5 Å². The summed E-state index contributed by atoms with van der Waals surface area (Å²) in [7, 11) is 6.17. The van der Waals surface area contributed by atoms with Crippen molar-refractivity contribution in [2.24, 2.45) is 0 Å². The number of anilines is 1. The second kappa shape index (κ2) is 9.45. The zero-order valence-corrected chi connectivity index (χ0v) is 20.7. The summed E-state index contributed by atoms with van der Waals surface area (Å²) in [4.78, 5) is 29.5. The minimum Gasteiger partial charge on any atom is -0.493 e. The lowest BCUT2D eigenvalue weighted by atomic mass is 9.75. The molecule has 5 rings (SSSR count). The SMILES string of the molecule is COc1ccc(NC(=O)[C@H]2c3cc(OC)c(OC)cc3C(=O)N3CCc4ccccc4[C@@H]23)cc1OC. The molecule has 186 valence electrons. The average Bonchev–Trinajstić information content (AvgIpc) is 2.92. The van der Waals surface area contributed by atoms with Crippen molar-refractivity contribution < 1.29 is 28.5 Å². The van der Waals surface area contributed by atoms with Gasteiger partial charge in [0.2, 0.25) is 5.91 Å². The van der Waals surface area contributed by atoms with Gasteiger partial charge in [0.25, 0.3) is 5.91 Å². The van der Waals surface area contributed by atoms with Gasteiger partial charge in [-0.1, -0.05) is 24.3 Å². The first-order valence-corrected chi connectivity index (χ1v) is 11.7. The van der Waals surface area contributed by atoms with Gasteiger partial charge in [-0.05, 0) is 47.4 Å². The Kier molecular flexibility index (Phi) is 6.18. The number of nitrogens with one attached hydrogen (secondary N) is 1. The Balaban J connectivity index is 1.64. The number of benzene rings is 3. The molecule has 0 bridgehead atoms. The Morgan fingerprint density at radius 2 is 1.50 bits per heavy atom. The molecule has 0 unspecified atom stereocenters. The fourth-order valence-electron chi connectivity index (χ4n) is 5.27. The van der Waals surface area contributed by atoms with Gasteiger partial charge in [-0.25, -0.2) is 0 Å². The predicted molar refractivity (Wildman–Crippen MR) is 134 cm³/mol. The lowest BCUT2D eigenvalue weighted by Gasteiger charge is -2.45. The van der Waals surface area contributed by atoms with Gasteiger partial charge in [0.1, 0.15) is 0 Å². The first-order chi connectivity index (χ1) is 17.5. The molecule has 0 saturated heterocycles. The maximum absolute atomic E-state index is 14.0. The number of carbonyl (C=O) groups is 2. The molecule has 0 fully saturated rings. The van der Waals surface area contributed by atoms with Crippen molar-refractivity contribution in [2.75, 3.05) is 40.3 Å². The number of fused-ring (bicyclic) bond motifs is 4. The van der Waals surface area contributed by atoms with Crippen LogP contribution in [0.1, 0.15) is 39.0 Å². The van der Waals surface area contributed by atoms with Gasteiger partial charge in [-0.3, -0.25) is 9.59 Å². The van der Waals surface area contributed by atoms with Gasteiger partial charge in [-0.15, -0.1) is 0 Å². The lowest BCUT2D eigenvalue weighted by molar-refractivity contribution is -0.119. The first-order valence-electron chi connectivity index (χ1n) is 11.7. The Hall–Kier alpha value is -4.20. The zero-order chi connectivity index (χ0) is 25.4. The highest BCUT2D eigenvalue weighted by molar-refractivity contribution is 6.05. The number of hydrogen-bond acceptors (Lipinski definition) is 6. The predicted octanol–water partition coefficient (Wildman–Crippen LogP) is 4.20. The van der Waals surface area contributed by atoms with Gasteiger partial charge in [0.15, 0.2) is 23.0 Å². The normalized spacial score (nSPS) is 17.9. The van der Waals surface area contributed by atoms with Gasteiger partial charge < -0.3 is 29.2 Å². The van der Waals surface area contributed by atoms with E-state index in [1.165, 1.54) is 14.2 Å². The molecule has 2 atom stereocenters. The number of hydrogen-bond donors (Lipinski definition) is 1. The standard InChI is InChI=1S/C28H28N2O6/c1-33-21-10-9-17(13-22(21)34-2)29-27(31)25-19-14-23(35-3)24(36-4)15-20(19)28(32)30-12-11-16-7-5-6-8-18(16)26(25)30/h5-10,13-15,25-26H,11-12H2,1-4H3,(H,29,31)/t25-,26-/m0/s1. The molecule has 2 amide bonds. The van der Waals surface area contributed by atoms with Crippen molar-refractivity contribution in [3.05, 3.63) is 76.9 Å². The van der Waals surface area contributed by atoms with E-state index in [0.29, 0.717) is 46.4 Å². The Labute approximate surface area is 209 Å². The summed E-state index contributed by atoms with van der Waals surface area (Å²) in [6.45, 7) is 0.522. The summed E-state index contributed by atoms with van der Waals surface area (Å²) in [5.41, 5.74) is 3.72. The maximum atomic E-state index is 14.0. The van der Waals surface area contributed by atoms with Gasteiger partial charge in [0.05, 0.1) is 40.4 Å². The van der Waals surface area contributed by atoms with Gasteiger partial charge in [-0.2, -0.15) is 0 Å². The summed E-state index contributed by atoms with van der Waals surface area (Å²) in [6, 6.07) is 16.2. The highest BCUT2D eigenvalue weighted by Crippen LogP contribution is 2.48. The molecule has 36 heavy (non-hydrogen) atoms. The van der Waals surface area contributed by atoms with Crippen molar-refractivity contribution in [1.29, 1.82) is 0 Å². The van der Waals surface area contributed by atoms with Crippen LogP contribution in [0.15, 0.2) is 54.6 Å². The average molecular weight is 489 g/mol. The monoisotopic (exact) mass is 488 g/mol. The van der Waals surface area contributed by atoms with Crippen LogP contribution in [0.4, 0.5) is 5.69 Å². The molecule has 0 spiro atoms. The molecule has 8 heteroatoms. The Bertz CT molecular complexity index is 1340. The van der Waals surface area contributed by atoms with Crippen LogP contribution in [-0.4, -0.2) is 51.7 Å². The van der Waals surface area contributed by atoms with Gasteiger partial charge >= 0.3 is 0 Å². The summed E-state index contributed by atoms with van der Waals surface area (Å²) in [5, 5.41) is 3.04. The Morgan fingerprint density at radius 3 is 2.22 bits per heavy atom. The van der Waals surface area contributed by atoms with Crippen molar-refractivity contribution >= 4 is 17.5 Å². The minimum atomic E-state index is -0.674. The molecule has 3 aromatic rings. The minimum absolute atomic E-state index is 0.124.